The Balaban J connectivity index is 3.65. The number of carbonyl (C=O) groups is 2. The smallest absolute Gasteiger partial charge is 0.239 e. The van der Waals surface area contributed by atoms with Gasteiger partial charge < -0.3 is 15.0 Å². The molecule has 0 unspecified atom stereocenters. The monoisotopic (exact) mass is 202 g/mol. The Kier molecular flexibility index (Phi) is 6.74. The van der Waals surface area contributed by atoms with Crippen LogP contribution in [0.4, 0.5) is 0 Å². The summed E-state index contributed by atoms with van der Waals surface area (Å²) in [5, 5.41) is 2.64. The third-order valence-corrected chi connectivity index (χ3v) is 1.74. The summed E-state index contributed by atoms with van der Waals surface area (Å²) in [6.07, 6.45) is 0.419. The Morgan fingerprint density at radius 2 is 2.07 bits per heavy atom. The molecular formula is C9H18N2O3. The van der Waals surface area contributed by atoms with Crippen molar-refractivity contribution in [3.63, 3.8) is 0 Å². The average Bonchev–Trinajstić information content (AvgIpc) is 2.16. The molecular weight excluding hydrogens is 184 g/mol. The number of nitrogens with zero attached hydrogens (tertiary/aromatic N) is 1. The molecule has 5 heteroatoms. The van der Waals surface area contributed by atoms with Crippen LogP contribution in [0.2, 0.25) is 0 Å². The summed E-state index contributed by atoms with van der Waals surface area (Å²) in [5.74, 6) is -0.196. The van der Waals surface area contributed by atoms with E-state index in [-0.39, 0.29) is 18.4 Å². The van der Waals surface area contributed by atoms with Crippen LogP contribution in [0.25, 0.3) is 0 Å². The van der Waals surface area contributed by atoms with Gasteiger partial charge in [-0.2, -0.15) is 0 Å². The Hall–Kier alpha value is -1.10. The molecule has 0 bridgehead atoms. The maximum Gasteiger partial charge on any atom is 0.239 e. The molecule has 0 radical (unpaired) electrons. The molecule has 0 saturated heterocycles. The summed E-state index contributed by atoms with van der Waals surface area (Å²) < 4.78 is 4.77. The predicted octanol–water partition coefficient (Wildman–Crippen LogP) is -0.383. The molecule has 0 aromatic heterocycles. The van der Waals surface area contributed by atoms with Crippen molar-refractivity contribution in [3.8, 4) is 0 Å². The molecule has 14 heavy (non-hydrogen) atoms. The third-order valence-electron chi connectivity index (χ3n) is 1.74. The lowest BCUT2D eigenvalue weighted by atomic mass is 10.4. The molecule has 0 heterocycles. The highest BCUT2D eigenvalue weighted by Crippen LogP contribution is 1.88. The lowest BCUT2D eigenvalue weighted by Crippen LogP contribution is -2.39. The molecule has 82 valence electrons. The number of methoxy groups -OCH3 is 1. The molecule has 0 aliphatic carbocycles. The minimum absolute atomic E-state index is 0.0353. The number of likely N-dealkylation sites (N-methyl/N-ethyl adjacent to an activating group) is 1. The van der Waals surface area contributed by atoms with E-state index in [2.05, 4.69) is 5.32 Å². The third kappa shape index (κ3) is 5.53. The van der Waals surface area contributed by atoms with Gasteiger partial charge in [-0.05, 0) is 0 Å². The minimum Gasteiger partial charge on any atom is -0.383 e. The molecule has 0 atom stereocenters. The van der Waals surface area contributed by atoms with Gasteiger partial charge in [0.2, 0.25) is 11.8 Å². The van der Waals surface area contributed by atoms with Gasteiger partial charge in [-0.1, -0.05) is 6.92 Å². The Labute approximate surface area is 84.4 Å². The van der Waals surface area contributed by atoms with Gasteiger partial charge in [0, 0.05) is 27.1 Å². The highest BCUT2D eigenvalue weighted by Gasteiger charge is 2.09. The number of nitrogens with one attached hydrogen (secondary N) is 1. The maximum atomic E-state index is 11.2. The molecule has 0 aromatic rings. The Morgan fingerprint density at radius 1 is 1.43 bits per heavy atom. The van der Waals surface area contributed by atoms with Crippen LogP contribution in [0.15, 0.2) is 0 Å². The zero-order chi connectivity index (χ0) is 11.0. The molecule has 0 aliphatic rings. The largest absolute Gasteiger partial charge is 0.383 e. The van der Waals surface area contributed by atoms with Gasteiger partial charge in [-0.3, -0.25) is 9.59 Å². The van der Waals surface area contributed by atoms with Gasteiger partial charge in [0.15, 0.2) is 0 Å². The van der Waals surface area contributed by atoms with Gasteiger partial charge in [0.25, 0.3) is 0 Å². The first kappa shape index (κ1) is 12.9. The zero-order valence-electron chi connectivity index (χ0n) is 9.00. The van der Waals surface area contributed by atoms with E-state index in [1.807, 2.05) is 0 Å². The number of amides is 2. The van der Waals surface area contributed by atoms with Crippen LogP contribution in [0.3, 0.4) is 0 Å². The van der Waals surface area contributed by atoms with Crippen molar-refractivity contribution in [2.24, 2.45) is 0 Å². The van der Waals surface area contributed by atoms with E-state index in [1.165, 1.54) is 4.90 Å². The fourth-order valence-electron chi connectivity index (χ4n) is 0.922. The van der Waals surface area contributed by atoms with Crippen molar-refractivity contribution in [1.82, 2.24) is 10.2 Å². The van der Waals surface area contributed by atoms with Crippen LogP contribution >= 0.6 is 0 Å². The molecule has 0 aliphatic heterocycles. The van der Waals surface area contributed by atoms with Gasteiger partial charge in [-0.15, -0.1) is 0 Å². The van der Waals surface area contributed by atoms with Crippen molar-refractivity contribution in [2.45, 2.75) is 13.3 Å². The van der Waals surface area contributed by atoms with Crippen molar-refractivity contribution in [3.05, 3.63) is 0 Å². The van der Waals surface area contributed by atoms with Gasteiger partial charge in [0.05, 0.1) is 13.2 Å². The first-order valence-electron chi connectivity index (χ1n) is 4.61. The first-order chi connectivity index (χ1) is 6.61. The van der Waals surface area contributed by atoms with Crippen LogP contribution in [0.5, 0.6) is 0 Å². The summed E-state index contributed by atoms with van der Waals surface area (Å²) in [6.45, 7) is 2.83. The van der Waals surface area contributed by atoms with E-state index in [1.54, 1.807) is 21.1 Å². The Morgan fingerprint density at radius 3 is 2.57 bits per heavy atom. The predicted molar refractivity (Wildman–Crippen MR) is 52.8 cm³/mol. The van der Waals surface area contributed by atoms with E-state index >= 15 is 0 Å². The zero-order valence-corrected chi connectivity index (χ0v) is 9.00. The second-order valence-electron chi connectivity index (χ2n) is 2.95. The second-order valence-corrected chi connectivity index (χ2v) is 2.95. The highest BCUT2D eigenvalue weighted by atomic mass is 16.5. The van der Waals surface area contributed by atoms with Crippen LogP contribution < -0.4 is 5.32 Å². The SMILES string of the molecule is CCC(=O)N(C)CC(=O)NCCOC. The molecule has 5 nitrogen and oxygen atoms in total. The standard InChI is InChI=1S/C9H18N2O3/c1-4-9(13)11(2)7-8(12)10-5-6-14-3/h4-7H2,1-3H3,(H,10,12). The normalized spacial score (nSPS) is 9.64. The highest BCUT2D eigenvalue weighted by molar-refractivity contribution is 5.84. The van der Waals surface area contributed by atoms with Crippen LogP contribution in [0.1, 0.15) is 13.3 Å². The van der Waals surface area contributed by atoms with Crippen molar-refractivity contribution in [2.75, 3.05) is 33.9 Å². The molecule has 0 aromatic carbocycles. The van der Waals surface area contributed by atoms with E-state index in [9.17, 15) is 9.59 Å². The number of carbonyl (C=O) groups excluding carboxylic acids is 2. The first-order valence-corrected chi connectivity index (χ1v) is 4.61. The molecule has 0 saturated carbocycles. The summed E-state index contributed by atoms with van der Waals surface area (Å²) in [6, 6.07) is 0. The number of hydrogen-bond acceptors (Lipinski definition) is 3. The lowest BCUT2D eigenvalue weighted by Gasteiger charge is -2.15. The quantitative estimate of drug-likeness (QED) is 0.597. The number of hydrogen-bond donors (Lipinski definition) is 1. The van der Waals surface area contributed by atoms with E-state index in [4.69, 9.17) is 4.74 Å². The van der Waals surface area contributed by atoms with Crippen LogP contribution in [-0.2, 0) is 14.3 Å². The summed E-state index contributed by atoms with van der Waals surface area (Å²) >= 11 is 0. The van der Waals surface area contributed by atoms with Gasteiger partial charge in [-0.25, -0.2) is 0 Å². The van der Waals surface area contributed by atoms with E-state index in [0.29, 0.717) is 19.6 Å². The van der Waals surface area contributed by atoms with Gasteiger partial charge in [0.1, 0.15) is 0 Å². The fraction of sp³-hybridized carbons (Fsp3) is 0.778. The van der Waals surface area contributed by atoms with Gasteiger partial charge >= 0.3 is 0 Å². The van der Waals surface area contributed by atoms with E-state index in [0.717, 1.165) is 0 Å². The molecule has 2 amide bonds. The molecule has 0 fully saturated rings. The number of rotatable bonds is 6. The van der Waals surface area contributed by atoms with E-state index < -0.39 is 0 Å². The van der Waals surface area contributed by atoms with Crippen molar-refractivity contribution >= 4 is 11.8 Å². The maximum absolute atomic E-state index is 11.2. The topological polar surface area (TPSA) is 58.6 Å². The van der Waals surface area contributed by atoms with Crippen molar-refractivity contribution < 1.29 is 14.3 Å². The van der Waals surface area contributed by atoms with Crippen LogP contribution in [-0.4, -0.2) is 50.6 Å². The fourth-order valence-corrected chi connectivity index (χ4v) is 0.922. The average molecular weight is 202 g/mol. The summed E-state index contributed by atoms with van der Waals surface area (Å²) in [5.41, 5.74) is 0. The summed E-state index contributed by atoms with van der Waals surface area (Å²) in [7, 11) is 3.18. The van der Waals surface area contributed by atoms with Crippen molar-refractivity contribution in [1.29, 1.82) is 0 Å². The Bertz CT molecular complexity index is 194. The minimum atomic E-state index is -0.161. The molecule has 0 spiro atoms. The molecule has 1 N–H and O–H groups in total. The lowest BCUT2D eigenvalue weighted by molar-refractivity contribution is -0.134. The van der Waals surface area contributed by atoms with Crippen LogP contribution in [0, 0.1) is 0 Å². The number of ether oxygens (including phenoxy) is 1. The summed E-state index contributed by atoms with van der Waals surface area (Å²) in [4.78, 5) is 23.7. The second kappa shape index (κ2) is 7.32. The molecule has 0 rings (SSSR count).